The van der Waals surface area contributed by atoms with Gasteiger partial charge < -0.3 is 4.74 Å². The molecule has 0 aliphatic heterocycles. The van der Waals surface area contributed by atoms with Crippen LogP contribution in [0.4, 0.5) is 5.69 Å². The van der Waals surface area contributed by atoms with E-state index in [-0.39, 0.29) is 12.1 Å². The number of nitrogens with zero attached hydrogens (tertiary/aromatic N) is 1. The van der Waals surface area contributed by atoms with E-state index in [1.807, 2.05) is 0 Å². The van der Waals surface area contributed by atoms with Crippen molar-refractivity contribution in [3.63, 3.8) is 0 Å². The average molecular weight is 244 g/mol. The lowest BCUT2D eigenvalue weighted by Gasteiger charge is -2.06. The van der Waals surface area contributed by atoms with Crippen molar-refractivity contribution >= 4 is 23.3 Å². The van der Waals surface area contributed by atoms with E-state index < -0.39 is 16.3 Å². The van der Waals surface area contributed by atoms with Gasteiger partial charge in [0.25, 0.3) is 5.69 Å². The van der Waals surface area contributed by atoms with Gasteiger partial charge in [0.1, 0.15) is 5.38 Å². The molecule has 1 aromatic rings. The molecule has 6 heteroatoms. The fourth-order valence-corrected chi connectivity index (χ4v) is 1.44. The summed E-state index contributed by atoms with van der Waals surface area (Å²) in [6.07, 6.45) is 0.284. The maximum Gasteiger partial charge on any atom is 0.324 e. The largest absolute Gasteiger partial charge is 0.468 e. The number of alkyl halides is 1. The summed E-state index contributed by atoms with van der Waals surface area (Å²) >= 11 is 5.76. The molecule has 0 aliphatic rings. The predicted molar refractivity (Wildman–Crippen MR) is 58.5 cm³/mol. The van der Waals surface area contributed by atoms with Crippen LogP contribution < -0.4 is 0 Å². The topological polar surface area (TPSA) is 69.4 Å². The SMILES string of the molecule is COC(=O)C(Cl)Cc1ccc([N+](=O)[O-])cc1. The van der Waals surface area contributed by atoms with Gasteiger partial charge in [0.15, 0.2) is 0 Å². The highest BCUT2D eigenvalue weighted by Crippen LogP contribution is 2.15. The van der Waals surface area contributed by atoms with E-state index in [4.69, 9.17) is 11.6 Å². The number of methoxy groups -OCH3 is 1. The molecule has 0 saturated carbocycles. The number of carbonyl (C=O) groups excluding carboxylic acids is 1. The first kappa shape index (κ1) is 12.4. The van der Waals surface area contributed by atoms with Crippen molar-refractivity contribution in [2.75, 3.05) is 7.11 Å². The minimum atomic E-state index is -0.772. The third-order valence-corrected chi connectivity index (χ3v) is 2.35. The second kappa shape index (κ2) is 5.46. The van der Waals surface area contributed by atoms with Gasteiger partial charge in [-0.25, -0.2) is 0 Å². The van der Waals surface area contributed by atoms with Gasteiger partial charge >= 0.3 is 5.97 Å². The van der Waals surface area contributed by atoms with Crippen LogP contribution in [-0.2, 0) is 16.0 Å². The summed E-state index contributed by atoms with van der Waals surface area (Å²) in [4.78, 5) is 20.9. The van der Waals surface area contributed by atoms with Crippen LogP contribution in [0.15, 0.2) is 24.3 Å². The van der Waals surface area contributed by atoms with Crippen molar-refractivity contribution in [3.8, 4) is 0 Å². The molecule has 1 aromatic carbocycles. The second-order valence-electron chi connectivity index (χ2n) is 3.12. The van der Waals surface area contributed by atoms with E-state index in [1.54, 1.807) is 12.1 Å². The lowest BCUT2D eigenvalue weighted by molar-refractivity contribution is -0.384. The van der Waals surface area contributed by atoms with E-state index in [0.29, 0.717) is 0 Å². The summed E-state index contributed by atoms with van der Waals surface area (Å²) in [6.45, 7) is 0. The van der Waals surface area contributed by atoms with E-state index in [2.05, 4.69) is 4.74 Å². The Hall–Kier alpha value is -1.62. The molecule has 0 aliphatic carbocycles. The summed E-state index contributed by atoms with van der Waals surface area (Å²) in [7, 11) is 1.26. The quantitative estimate of drug-likeness (QED) is 0.351. The molecule has 0 amide bonds. The zero-order valence-electron chi connectivity index (χ0n) is 8.55. The van der Waals surface area contributed by atoms with Crippen LogP contribution in [-0.4, -0.2) is 23.4 Å². The zero-order valence-corrected chi connectivity index (χ0v) is 9.31. The number of ether oxygens (including phenoxy) is 1. The van der Waals surface area contributed by atoms with Crippen LogP contribution in [0.3, 0.4) is 0 Å². The van der Waals surface area contributed by atoms with Crippen molar-refractivity contribution in [2.24, 2.45) is 0 Å². The number of nitro benzene ring substituents is 1. The highest BCUT2D eigenvalue weighted by Gasteiger charge is 2.16. The van der Waals surface area contributed by atoms with E-state index >= 15 is 0 Å². The fraction of sp³-hybridized carbons (Fsp3) is 0.300. The highest BCUT2D eigenvalue weighted by atomic mass is 35.5. The Morgan fingerprint density at radius 2 is 2.06 bits per heavy atom. The molecule has 86 valence electrons. The van der Waals surface area contributed by atoms with E-state index in [9.17, 15) is 14.9 Å². The minimum absolute atomic E-state index is 0.00735. The lowest BCUT2D eigenvalue weighted by atomic mass is 10.1. The Labute approximate surface area is 97.1 Å². The maximum absolute atomic E-state index is 11.0. The summed E-state index contributed by atoms with van der Waals surface area (Å²) < 4.78 is 4.47. The molecule has 1 atom stereocenters. The van der Waals surface area contributed by atoms with Crippen LogP contribution in [0.1, 0.15) is 5.56 Å². The molecular weight excluding hydrogens is 234 g/mol. The van der Waals surface area contributed by atoms with Crippen molar-refractivity contribution in [1.29, 1.82) is 0 Å². The van der Waals surface area contributed by atoms with Crippen LogP contribution in [0.25, 0.3) is 0 Å². The number of non-ortho nitro benzene ring substituents is 1. The first-order valence-corrected chi connectivity index (χ1v) is 4.93. The van der Waals surface area contributed by atoms with E-state index in [0.717, 1.165) is 5.56 Å². The molecule has 16 heavy (non-hydrogen) atoms. The molecule has 5 nitrogen and oxygen atoms in total. The number of esters is 1. The Morgan fingerprint density at radius 3 is 2.50 bits per heavy atom. The molecular formula is C10H10ClNO4. The molecule has 0 saturated heterocycles. The third-order valence-electron chi connectivity index (χ3n) is 2.02. The van der Waals surface area contributed by atoms with Crippen LogP contribution in [0.2, 0.25) is 0 Å². The normalized spacial score (nSPS) is 11.9. The zero-order chi connectivity index (χ0) is 12.1. The standard InChI is InChI=1S/C10H10ClNO4/c1-16-10(13)9(11)6-7-2-4-8(5-3-7)12(14)15/h2-5,9H,6H2,1H3. The van der Waals surface area contributed by atoms with Crippen LogP contribution >= 0.6 is 11.6 Å². The fourth-order valence-electron chi connectivity index (χ4n) is 1.17. The van der Waals surface area contributed by atoms with Gasteiger partial charge in [0.2, 0.25) is 0 Å². The van der Waals surface area contributed by atoms with Gasteiger partial charge in [-0.15, -0.1) is 11.6 Å². The monoisotopic (exact) mass is 243 g/mol. The lowest BCUT2D eigenvalue weighted by Crippen LogP contribution is -2.18. The number of benzene rings is 1. The number of hydrogen-bond donors (Lipinski definition) is 0. The van der Waals surface area contributed by atoms with Gasteiger partial charge in [0, 0.05) is 12.1 Å². The molecule has 0 N–H and O–H groups in total. The summed E-state index contributed by atoms with van der Waals surface area (Å²) in [6, 6.07) is 5.87. The molecule has 0 fully saturated rings. The molecule has 0 heterocycles. The van der Waals surface area contributed by atoms with Crippen molar-refractivity contribution < 1.29 is 14.5 Å². The van der Waals surface area contributed by atoms with Crippen LogP contribution in [0.5, 0.6) is 0 Å². The summed E-state index contributed by atoms with van der Waals surface area (Å²) in [5.41, 5.74) is 0.754. The molecule has 1 rings (SSSR count). The molecule has 0 bridgehead atoms. The van der Waals surface area contributed by atoms with Crippen molar-refractivity contribution in [1.82, 2.24) is 0 Å². The smallest absolute Gasteiger partial charge is 0.324 e. The van der Waals surface area contributed by atoms with Gasteiger partial charge in [0.05, 0.1) is 12.0 Å². The van der Waals surface area contributed by atoms with Crippen molar-refractivity contribution in [3.05, 3.63) is 39.9 Å². The van der Waals surface area contributed by atoms with Gasteiger partial charge in [-0.3, -0.25) is 14.9 Å². The predicted octanol–water partition coefficient (Wildman–Crippen LogP) is 1.92. The Balaban J connectivity index is 2.68. The first-order chi connectivity index (χ1) is 7.54. The molecule has 0 radical (unpaired) electrons. The third kappa shape index (κ3) is 3.20. The van der Waals surface area contributed by atoms with Gasteiger partial charge in [-0.05, 0) is 12.0 Å². The minimum Gasteiger partial charge on any atom is -0.468 e. The number of halogens is 1. The number of nitro groups is 1. The van der Waals surface area contributed by atoms with E-state index in [1.165, 1.54) is 19.2 Å². The number of carbonyl (C=O) groups is 1. The first-order valence-electron chi connectivity index (χ1n) is 4.50. The maximum atomic E-state index is 11.0. The van der Waals surface area contributed by atoms with Crippen LogP contribution in [0, 0.1) is 10.1 Å². The number of hydrogen-bond acceptors (Lipinski definition) is 4. The summed E-state index contributed by atoms with van der Waals surface area (Å²) in [5.74, 6) is -0.514. The Bertz CT molecular complexity index is 390. The molecule has 1 unspecified atom stereocenters. The van der Waals surface area contributed by atoms with Gasteiger partial charge in [-0.2, -0.15) is 0 Å². The second-order valence-corrected chi connectivity index (χ2v) is 3.65. The molecule has 0 spiro atoms. The average Bonchev–Trinajstić information content (AvgIpc) is 2.28. The summed E-state index contributed by atoms with van der Waals surface area (Å²) in [5, 5.41) is 9.62. The van der Waals surface area contributed by atoms with Gasteiger partial charge in [-0.1, -0.05) is 12.1 Å². The highest BCUT2D eigenvalue weighted by molar-refractivity contribution is 6.30. The Kier molecular flexibility index (Phi) is 4.25. The number of rotatable bonds is 4. The van der Waals surface area contributed by atoms with Crippen molar-refractivity contribution in [2.45, 2.75) is 11.8 Å². The Morgan fingerprint density at radius 1 is 1.50 bits per heavy atom. The molecule has 0 aromatic heterocycles.